The number of hydrogen-bond acceptors (Lipinski definition) is 2. The summed E-state index contributed by atoms with van der Waals surface area (Å²) in [5.41, 5.74) is 4.64. The molecule has 1 aliphatic rings. The van der Waals surface area contributed by atoms with E-state index in [0.29, 0.717) is 0 Å². The zero-order chi connectivity index (χ0) is 6.20. The van der Waals surface area contributed by atoms with E-state index in [2.05, 4.69) is 5.32 Å². The summed E-state index contributed by atoms with van der Waals surface area (Å²) in [6.45, 7) is 2.73. The molecule has 8 heavy (non-hydrogen) atoms. The SMILES string of the molecule is CC1(C(N)=O)CCN1. The van der Waals surface area contributed by atoms with E-state index in [1.54, 1.807) is 0 Å². The van der Waals surface area contributed by atoms with Crippen molar-refractivity contribution in [2.75, 3.05) is 6.54 Å². The molecule has 0 radical (unpaired) electrons. The molecule has 0 spiro atoms. The van der Waals surface area contributed by atoms with Gasteiger partial charge in [0.25, 0.3) is 0 Å². The maximum atomic E-state index is 10.5. The van der Waals surface area contributed by atoms with E-state index < -0.39 is 0 Å². The molecule has 1 atom stereocenters. The van der Waals surface area contributed by atoms with Crippen LogP contribution in [0.2, 0.25) is 0 Å². The van der Waals surface area contributed by atoms with Crippen LogP contribution in [0.4, 0.5) is 0 Å². The summed E-state index contributed by atoms with van der Waals surface area (Å²) in [6.07, 6.45) is 0.877. The minimum absolute atomic E-state index is 0.247. The second-order valence-electron chi connectivity index (χ2n) is 2.37. The van der Waals surface area contributed by atoms with E-state index in [1.165, 1.54) is 0 Å². The highest BCUT2D eigenvalue weighted by atomic mass is 16.1. The van der Waals surface area contributed by atoms with Gasteiger partial charge in [-0.25, -0.2) is 0 Å². The molecule has 1 unspecified atom stereocenters. The Morgan fingerprint density at radius 2 is 2.38 bits per heavy atom. The summed E-state index contributed by atoms with van der Waals surface area (Å²) < 4.78 is 0. The largest absolute Gasteiger partial charge is 0.368 e. The van der Waals surface area contributed by atoms with E-state index in [0.717, 1.165) is 13.0 Å². The van der Waals surface area contributed by atoms with Crippen LogP contribution in [0.1, 0.15) is 13.3 Å². The minimum atomic E-state index is -0.389. The van der Waals surface area contributed by atoms with Crippen LogP contribution < -0.4 is 11.1 Å². The maximum absolute atomic E-state index is 10.5. The monoisotopic (exact) mass is 114 g/mol. The highest BCUT2D eigenvalue weighted by Crippen LogP contribution is 2.15. The molecule has 3 N–H and O–H groups in total. The minimum Gasteiger partial charge on any atom is -0.368 e. The molecular formula is C5H10N2O. The van der Waals surface area contributed by atoms with Crippen molar-refractivity contribution >= 4 is 5.91 Å². The lowest BCUT2D eigenvalue weighted by Crippen LogP contribution is -2.62. The number of carbonyl (C=O) groups excluding carboxylic acids is 1. The molecule has 3 nitrogen and oxygen atoms in total. The second kappa shape index (κ2) is 1.45. The quantitative estimate of drug-likeness (QED) is 0.470. The fraction of sp³-hybridized carbons (Fsp3) is 0.800. The molecule has 1 rings (SSSR count). The predicted molar refractivity (Wildman–Crippen MR) is 30.2 cm³/mol. The van der Waals surface area contributed by atoms with E-state index in [1.807, 2.05) is 6.92 Å². The van der Waals surface area contributed by atoms with Crippen molar-refractivity contribution in [3.63, 3.8) is 0 Å². The van der Waals surface area contributed by atoms with Crippen LogP contribution in [0.5, 0.6) is 0 Å². The molecular weight excluding hydrogens is 104 g/mol. The first-order valence-electron chi connectivity index (χ1n) is 2.70. The molecule has 1 aliphatic heterocycles. The van der Waals surface area contributed by atoms with Crippen molar-refractivity contribution < 1.29 is 4.79 Å². The molecule has 0 aromatic rings. The van der Waals surface area contributed by atoms with Crippen LogP contribution in [-0.4, -0.2) is 18.0 Å². The summed E-state index contributed by atoms with van der Waals surface area (Å²) in [7, 11) is 0. The molecule has 1 saturated heterocycles. The second-order valence-corrected chi connectivity index (χ2v) is 2.37. The molecule has 0 aliphatic carbocycles. The van der Waals surface area contributed by atoms with Gasteiger partial charge < -0.3 is 11.1 Å². The Balaban J connectivity index is 2.53. The van der Waals surface area contributed by atoms with Crippen LogP contribution in [0.3, 0.4) is 0 Å². The van der Waals surface area contributed by atoms with Gasteiger partial charge in [-0.2, -0.15) is 0 Å². The fourth-order valence-corrected chi connectivity index (χ4v) is 0.710. The molecule has 0 aromatic heterocycles. The Morgan fingerprint density at radius 1 is 1.88 bits per heavy atom. The van der Waals surface area contributed by atoms with Gasteiger partial charge in [-0.3, -0.25) is 4.79 Å². The van der Waals surface area contributed by atoms with Gasteiger partial charge in [0.05, 0.1) is 5.54 Å². The molecule has 0 aromatic carbocycles. The number of nitrogens with one attached hydrogen (secondary N) is 1. The molecule has 0 saturated carbocycles. The average Bonchev–Trinajstić information content (AvgIpc) is 1.60. The third kappa shape index (κ3) is 0.591. The van der Waals surface area contributed by atoms with Crippen molar-refractivity contribution in [1.29, 1.82) is 0 Å². The number of primary amides is 1. The summed E-state index contributed by atoms with van der Waals surface area (Å²) in [5, 5.41) is 2.95. The van der Waals surface area contributed by atoms with Gasteiger partial charge in [-0.1, -0.05) is 0 Å². The number of carbonyl (C=O) groups is 1. The van der Waals surface area contributed by atoms with Crippen molar-refractivity contribution in [3.8, 4) is 0 Å². The topological polar surface area (TPSA) is 55.1 Å². The van der Waals surface area contributed by atoms with Crippen molar-refractivity contribution in [2.24, 2.45) is 5.73 Å². The first kappa shape index (κ1) is 5.56. The van der Waals surface area contributed by atoms with Crippen LogP contribution in [-0.2, 0) is 4.79 Å². The summed E-state index contributed by atoms with van der Waals surface area (Å²) in [4.78, 5) is 10.5. The van der Waals surface area contributed by atoms with Crippen LogP contribution >= 0.6 is 0 Å². The summed E-state index contributed by atoms with van der Waals surface area (Å²) in [6, 6.07) is 0. The van der Waals surface area contributed by atoms with E-state index in [4.69, 9.17) is 5.73 Å². The van der Waals surface area contributed by atoms with E-state index in [9.17, 15) is 4.79 Å². The Hall–Kier alpha value is -0.570. The van der Waals surface area contributed by atoms with Crippen molar-refractivity contribution in [3.05, 3.63) is 0 Å². The number of amides is 1. The summed E-state index contributed by atoms with van der Waals surface area (Å²) >= 11 is 0. The van der Waals surface area contributed by atoms with Gasteiger partial charge in [-0.15, -0.1) is 0 Å². The Bertz CT molecular complexity index is 118. The van der Waals surface area contributed by atoms with E-state index >= 15 is 0 Å². The average molecular weight is 114 g/mol. The molecule has 0 bridgehead atoms. The predicted octanol–water partition coefficient (Wildman–Crippen LogP) is -0.776. The van der Waals surface area contributed by atoms with Crippen LogP contribution in [0.25, 0.3) is 0 Å². The third-order valence-corrected chi connectivity index (χ3v) is 1.68. The van der Waals surface area contributed by atoms with Gasteiger partial charge in [0.1, 0.15) is 0 Å². The number of rotatable bonds is 1. The van der Waals surface area contributed by atoms with Gasteiger partial charge in [-0.05, 0) is 19.9 Å². The Morgan fingerprint density at radius 3 is 2.38 bits per heavy atom. The lowest BCUT2D eigenvalue weighted by molar-refractivity contribution is -0.126. The highest BCUT2D eigenvalue weighted by molar-refractivity contribution is 5.85. The molecule has 1 heterocycles. The lowest BCUT2D eigenvalue weighted by atomic mass is 9.90. The van der Waals surface area contributed by atoms with Crippen LogP contribution in [0.15, 0.2) is 0 Å². The Labute approximate surface area is 48.2 Å². The zero-order valence-electron chi connectivity index (χ0n) is 4.90. The zero-order valence-corrected chi connectivity index (χ0v) is 4.90. The first-order chi connectivity index (χ1) is 3.65. The smallest absolute Gasteiger partial charge is 0.237 e. The fourth-order valence-electron chi connectivity index (χ4n) is 0.710. The molecule has 3 heteroatoms. The first-order valence-corrected chi connectivity index (χ1v) is 2.70. The third-order valence-electron chi connectivity index (χ3n) is 1.68. The van der Waals surface area contributed by atoms with E-state index in [-0.39, 0.29) is 11.4 Å². The molecule has 1 fully saturated rings. The van der Waals surface area contributed by atoms with Gasteiger partial charge in [0, 0.05) is 0 Å². The Kier molecular flexibility index (Phi) is 1.01. The standard InChI is InChI=1S/C5H10N2O/c1-5(4(6)8)2-3-7-5/h7H,2-3H2,1H3,(H2,6,8). The summed E-state index contributed by atoms with van der Waals surface area (Å²) in [5.74, 6) is -0.247. The molecule has 46 valence electrons. The number of hydrogen-bond donors (Lipinski definition) is 2. The van der Waals surface area contributed by atoms with Gasteiger partial charge in [0.2, 0.25) is 5.91 Å². The highest BCUT2D eigenvalue weighted by Gasteiger charge is 2.36. The number of nitrogens with two attached hydrogens (primary N) is 1. The van der Waals surface area contributed by atoms with Crippen molar-refractivity contribution in [1.82, 2.24) is 5.32 Å². The normalized spacial score (nSPS) is 36.1. The van der Waals surface area contributed by atoms with Crippen molar-refractivity contribution in [2.45, 2.75) is 18.9 Å². The lowest BCUT2D eigenvalue weighted by Gasteiger charge is -2.36. The van der Waals surface area contributed by atoms with Gasteiger partial charge >= 0.3 is 0 Å². The molecule has 1 amide bonds. The maximum Gasteiger partial charge on any atom is 0.237 e. The van der Waals surface area contributed by atoms with Gasteiger partial charge in [0.15, 0.2) is 0 Å². The van der Waals surface area contributed by atoms with Crippen LogP contribution in [0, 0.1) is 0 Å².